The Hall–Kier alpha value is -1.21. The summed E-state index contributed by atoms with van der Waals surface area (Å²) in [6, 6.07) is 0.393. The van der Waals surface area contributed by atoms with Crippen LogP contribution in [0.3, 0.4) is 0 Å². The van der Waals surface area contributed by atoms with Crippen LogP contribution in [0.25, 0.3) is 0 Å². The van der Waals surface area contributed by atoms with Crippen LogP contribution in [0.2, 0.25) is 0 Å². The van der Waals surface area contributed by atoms with E-state index >= 15 is 0 Å². The highest BCUT2D eigenvalue weighted by molar-refractivity contribution is 5.82. The number of piperazine rings is 1. The zero-order chi connectivity index (χ0) is 19.8. The summed E-state index contributed by atoms with van der Waals surface area (Å²) in [5, 5.41) is 6.68. The smallest absolute Gasteiger partial charge is 0.237 e. The molecule has 2 saturated heterocycles. The number of fused-ring (bicyclic) bond motifs is 1. The number of carbonyl (C=O) groups is 2. The fourth-order valence-corrected chi connectivity index (χ4v) is 5.82. The number of amides is 2. The van der Waals surface area contributed by atoms with Gasteiger partial charge >= 0.3 is 0 Å². The molecule has 7 unspecified atom stereocenters. The lowest BCUT2D eigenvalue weighted by molar-refractivity contribution is -0.136. The van der Waals surface area contributed by atoms with Crippen molar-refractivity contribution in [2.24, 2.45) is 11.8 Å². The molecule has 2 N–H and O–H groups in total. The van der Waals surface area contributed by atoms with Gasteiger partial charge < -0.3 is 15.5 Å². The molecule has 7 atom stereocenters. The molecule has 0 bridgehead atoms. The Morgan fingerprint density at radius 2 is 2.00 bits per heavy atom. The molecule has 2 aliphatic carbocycles. The van der Waals surface area contributed by atoms with Gasteiger partial charge in [-0.25, -0.2) is 4.39 Å². The summed E-state index contributed by atoms with van der Waals surface area (Å²) in [7, 11) is 1.86. The number of alkyl halides is 1. The number of likely N-dealkylation sites (N-methyl/N-ethyl adjacent to an activating group) is 1. The van der Waals surface area contributed by atoms with Gasteiger partial charge in [-0.15, -0.1) is 0 Å². The van der Waals surface area contributed by atoms with Crippen molar-refractivity contribution in [3.05, 3.63) is 0 Å². The molecule has 2 saturated carbocycles. The van der Waals surface area contributed by atoms with E-state index in [0.29, 0.717) is 31.3 Å². The number of carbonyl (C=O) groups excluding carboxylic acids is 2. The highest BCUT2D eigenvalue weighted by Crippen LogP contribution is 2.38. The molecule has 0 aromatic carbocycles. The van der Waals surface area contributed by atoms with Crippen molar-refractivity contribution in [1.29, 1.82) is 0 Å². The van der Waals surface area contributed by atoms with E-state index in [1.165, 1.54) is 0 Å². The van der Waals surface area contributed by atoms with Crippen molar-refractivity contribution in [3.63, 3.8) is 0 Å². The first kappa shape index (κ1) is 20.1. The van der Waals surface area contributed by atoms with Crippen LogP contribution in [0.4, 0.5) is 4.39 Å². The minimum atomic E-state index is -0.777. The number of nitrogens with zero attached hydrogens (tertiary/aromatic N) is 2. The maximum Gasteiger partial charge on any atom is 0.237 e. The van der Waals surface area contributed by atoms with Crippen molar-refractivity contribution >= 4 is 11.8 Å². The molecule has 7 heteroatoms. The van der Waals surface area contributed by atoms with Crippen LogP contribution in [0.5, 0.6) is 0 Å². The third kappa shape index (κ3) is 4.06. The van der Waals surface area contributed by atoms with Crippen molar-refractivity contribution < 1.29 is 14.0 Å². The summed E-state index contributed by atoms with van der Waals surface area (Å²) in [6.07, 6.45) is 5.44. The normalized spacial score (nSPS) is 42.3. The van der Waals surface area contributed by atoms with Gasteiger partial charge in [0.1, 0.15) is 6.17 Å². The molecule has 0 aromatic rings. The maximum absolute atomic E-state index is 14.3. The fourth-order valence-electron chi connectivity index (χ4n) is 5.82. The topological polar surface area (TPSA) is 64.7 Å². The molecule has 4 aliphatic rings. The van der Waals surface area contributed by atoms with E-state index < -0.39 is 6.17 Å². The first-order valence-corrected chi connectivity index (χ1v) is 11.1. The Morgan fingerprint density at radius 3 is 2.75 bits per heavy atom. The van der Waals surface area contributed by atoms with Gasteiger partial charge in [0.15, 0.2) is 0 Å². The number of nitrogens with one attached hydrogen (secondary N) is 2. The third-order valence-corrected chi connectivity index (χ3v) is 7.65. The number of hydrogen-bond donors (Lipinski definition) is 2. The molecule has 4 rings (SSSR count). The standard InChI is InChI=1S/C21H35FN4O2/c1-13-6-7-17(22)16-11-18(24-20(13)16)21(28)23-14-4-3-5-15(10-14)26-9-8-25(2)19(27)12-26/h13-18,20,24H,3-12H2,1-2H3,(H,23,28). The SMILES string of the molecule is CC1CCC(F)C2CC(C(=O)NC3CCCC(N4CCN(C)C(=O)C4)C3)NC12. The average molecular weight is 395 g/mol. The van der Waals surface area contributed by atoms with E-state index in [1.807, 2.05) is 7.05 Å². The lowest BCUT2D eigenvalue weighted by atomic mass is 9.77. The van der Waals surface area contributed by atoms with Crippen LogP contribution in [0.15, 0.2) is 0 Å². The van der Waals surface area contributed by atoms with E-state index in [-0.39, 0.29) is 35.9 Å². The van der Waals surface area contributed by atoms with Crippen molar-refractivity contribution in [2.45, 2.75) is 82.2 Å². The first-order valence-electron chi connectivity index (χ1n) is 11.1. The van der Waals surface area contributed by atoms with Crippen molar-refractivity contribution in [1.82, 2.24) is 20.4 Å². The van der Waals surface area contributed by atoms with Crippen LogP contribution >= 0.6 is 0 Å². The predicted octanol–water partition coefficient (Wildman–Crippen LogP) is 1.30. The summed E-state index contributed by atoms with van der Waals surface area (Å²) in [6.45, 7) is 4.35. The minimum Gasteiger partial charge on any atom is -0.352 e. The molecular weight excluding hydrogens is 359 g/mol. The molecule has 2 heterocycles. The Balaban J connectivity index is 1.30. The van der Waals surface area contributed by atoms with Gasteiger partial charge in [0.25, 0.3) is 0 Å². The molecule has 2 amide bonds. The first-order chi connectivity index (χ1) is 13.4. The van der Waals surface area contributed by atoms with Crippen LogP contribution in [-0.2, 0) is 9.59 Å². The second-order valence-electron chi connectivity index (χ2n) is 9.53. The average Bonchev–Trinajstić information content (AvgIpc) is 3.14. The molecule has 0 aromatic heterocycles. The summed E-state index contributed by atoms with van der Waals surface area (Å²) >= 11 is 0. The van der Waals surface area contributed by atoms with Gasteiger partial charge in [0.05, 0.1) is 12.6 Å². The lowest BCUT2D eigenvalue weighted by Gasteiger charge is -2.41. The summed E-state index contributed by atoms with van der Waals surface area (Å²) in [5.74, 6) is 0.637. The molecule has 4 fully saturated rings. The lowest BCUT2D eigenvalue weighted by Crippen LogP contribution is -2.55. The van der Waals surface area contributed by atoms with Gasteiger partial charge in [-0.3, -0.25) is 14.5 Å². The van der Waals surface area contributed by atoms with E-state index in [2.05, 4.69) is 22.5 Å². The second-order valence-corrected chi connectivity index (χ2v) is 9.53. The number of halogens is 1. The van der Waals surface area contributed by atoms with Gasteiger partial charge in [-0.2, -0.15) is 0 Å². The molecule has 2 aliphatic heterocycles. The van der Waals surface area contributed by atoms with Crippen LogP contribution in [-0.4, -0.2) is 78.6 Å². The summed E-state index contributed by atoms with van der Waals surface area (Å²) in [4.78, 5) is 29.0. The van der Waals surface area contributed by atoms with Gasteiger partial charge in [-0.1, -0.05) is 6.92 Å². The zero-order valence-electron chi connectivity index (χ0n) is 17.2. The second kappa shape index (κ2) is 8.27. The summed E-state index contributed by atoms with van der Waals surface area (Å²) in [5.41, 5.74) is 0. The summed E-state index contributed by atoms with van der Waals surface area (Å²) < 4.78 is 14.3. The largest absolute Gasteiger partial charge is 0.352 e. The molecule has 6 nitrogen and oxygen atoms in total. The fraction of sp³-hybridized carbons (Fsp3) is 0.905. The molecule has 28 heavy (non-hydrogen) atoms. The van der Waals surface area contributed by atoms with Crippen LogP contribution in [0.1, 0.15) is 51.9 Å². The van der Waals surface area contributed by atoms with Crippen molar-refractivity contribution in [2.75, 3.05) is 26.7 Å². The quantitative estimate of drug-likeness (QED) is 0.758. The monoisotopic (exact) mass is 394 g/mol. The number of hydrogen-bond acceptors (Lipinski definition) is 4. The predicted molar refractivity (Wildman–Crippen MR) is 106 cm³/mol. The van der Waals surface area contributed by atoms with Gasteiger partial charge in [0, 0.05) is 44.2 Å². The van der Waals surface area contributed by atoms with E-state index in [0.717, 1.165) is 45.2 Å². The molecule has 0 radical (unpaired) electrons. The molecular formula is C21H35FN4O2. The van der Waals surface area contributed by atoms with Crippen molar-refractivity contribution in [3.8, 4) is 0 Å². The van der Waals surface area contributed by atoms with Crippen LogP contribution in [0, 0.1) is 11.8 Å². The Bertz CT molecular complexity index is 585. The third-order valence-electron chi connectivity index (χ3n) is 7.65. The molecule has 0 spiro atoms. The van der Waals surface area contributed by atoms with Gasteiger partial charge in [-0.05, 0) is 50.9 Å². The van der Waals surface area contributed by atoms with E-state index in [4.69, 9.17) is 0 Å². The highest BCUT2D eigenvalue weighted by atomic mass is 19.1. The van der Waals surface area contributed by atoms with E-state index in [1.54, 1.807) is 4.90 Å². The Kier molecular flexibility index (Phi) is 5.93. The Morgan fingerprint density at radius 1 is 1.18 bits per heavy atom. The minimum absolute atomic E-state index is 0.0186. The highest BCUT2D eigenvalue weighted by Gasteiger charge is 2.46. The Labute approximate surface area is 167 Å². The number of rotatable bonds is 3. The van der Waals surface area contributed by atoms with Gasteiger partial charge in [0.2, 0.25) is 11.8 Å². The van der Waals surface area contributed by atoms with E-state index in [9.17, 15) is 14.0 Å². The maximum atomic E-state index is 14.3. The zero-order valence-corrected chi connectivity index (χ0v) is 17.2. The molecule has 158 valence electrons. The van der Waals surface area contributed by atoms with Crippen LogP contribution < -0.4 is 10.6 Å².